The molecule has 5 rings (SSSR count). The maximum Gasteiger partial charge on any atom is 0.0907 e. The first-order valence-corrected chi connectivity index (χ1v) is 11.8. The zero-order chi connectivity index (χ0) is 22.2. The summed E-state index contributed by atoms with van der Waals surface area (Å²) < 4.78 is 0. The topological polar surface area (TPSA) is 57.4 Å². The highest BCUT2D eigenvalue weighted by Gasteiger charge is 2.21. The highest BCUT2D eigenvalue weighted by molar-refractivity contribution is 5.98. The number of fused-ring (bicyclic) bond motifs is 10. The lowest BCUT2D eigenvalue weighted by molar-refractivity contribution is 1.20. The number of hydrogen-bond acceptors (Lipinski definition) is 2. The minimum Gasteiger partial charge on any atom is -0.354 e. The molecule has 2 aliphatic rings. The van der Waals surface area contributed by atoms with Crippen molar-refractivity contribution in [3.05, 3.63) is 71.3 Å². The Kier molecular flexibility index (Phi) is 5.30. The molecule has 0 spiro atoms. The first-order chi connectivity index (χ1) is 15.7. The Morgan fingerprint density at radius 2 is 0.875 bits per heavy atom. The van der Waals surface area contributed by atoms with Crippen LogP contribution in [0.5, 0.6) is 0 Å². The lowest BCUT2D eigenvalue weighted by Crippen LogP contribution is -1.83. The van der Waals surface area contributed by atoms with Crippen LogP contribution in [-0.2, 0) is 0 Å². The molecule has 3 aromatic rings. The van der Waals surface area contributed by atoms with Crippen LogP contribution in [0.4, 0.5) is 0 Å². The molecule has 4 heteroatoms. The van der Waals surface area contributed by atoms with E-state index in [1.54, 1.807) is 0 Å². The fourth-order valence-electron chi connectivity index (χ4n) is 5.01. The summed E-state index contributed by atoms with van der Waals surface area (Å²) in [6.07, 6.45) is 3.87. The fourth-order valence-corrected chi connectivity index (χ4v) is 5.01. The molecule has 0 radical (unpaired) electrons. The van der Waals surface area contributed by atoms with Gasteiger partial charge in [-0.3, -0.25) is 0 Å². The lowest BCUT2D eigenvalue weighted by atomic mass is 9.99. The van der Waals surface area contributed by atoms with E-state index in [4.69, 9.17) is 9.97 Å². The molecule has 0 aromatic carbocycles. The second kappa shape index (κ2) is 8.27. The number of aromatic amines is 2. The summed E-state index contributed by atoms with van der Waals surface area (Å²) >= 11 is 0. The van der Waals surface area contributed by atoms with Crippen molar-refractivity contribution in [3.63, 3.8) is 0 Å². The Morgan fingerprint density at radius 1 is 0.500 bits per heavy atom. The van der Waals surface area contributed by atoms with E-state index in [0.717, 1.165) is 70.5 Å². The van der Waals surface area contributed by atoms with Crippen LogP contribution in [-0.4, -0.2) is 19.9 Å². The van der Waals surface area contributed by atoms with Gasteiger partial charge in [-0.15, -0.1) is 0 Å². The molecule has 5 heterocycles. The number of rotatable bonds is 4. The number of H-pyrrole nitrogens is 2. The molecular formula is C28H30N4. The molecule has 8 bridgehead atoms. The van der Waals surface area contributed by atoms with Gasteiger partial charge < -0.3 is 9.97 Å². The molecular weight excluding hydrogens is 392 g/mol. The zero-order valence-electron chi connectivity index (χ0n) is 19.3. The van der Waals surface area contributed by atoms with Crippen LogP contribution in [0.1, 0.15) is 76.2 Å². The summed E-state index contributed by atoms with van der Waals surface area (Å²) in [7, 11) is 0. The summed E-state index contributed by atoms with van der Waals surface area (Å²) in [5, 5.41) is 0. The highest BCUT2D eigenvalue weighted by Crippen LogP contribution is 2.38. The zero-order valence-corrected chi connectivity index (χ0v) is 19.3. The van der Waals surface area contributed by atoms with Crippen LogP contribution < -0.4 is 0 Å². The first kappa shape index (κ1) is 20.5. The van der Waals surface area contributed by atoms with Gasteiger partial charge >= 0.3 is 0 Å². The van der Waals surface area contributed by atoms with E-state index in [-0.39, 0.29) is 0 Å². The van der Waals surface area contributed by atoms with Gasteiger partial charge in [0.15, 0.2) is 0 Å². The van der Waals surface area contributed by atoms with E-state index in [9.17, 15) is 0 Å². The molecule has 0 unspecified atom stereocenters. The monoisotopic (exact) mass is 422 g/mol. The van der Waals surface area contributed by atoms with Crippen molar-refractivity contribution in [2.24, 2.45) is 0 Å². The third-order valence-corrected chi connectivity index (χ3v) is 6.57. The predicted octanol–water partition coefficient (Wildman–Crippen LogP) is 7.78. The van der Waals surface area contributed by atoms with Crippen molar-refractivity contribution in [1.82, 2.24) is 19.9 Å². The van der Waals surface area contributed by atoms with Crippen molar-refractivity contribution in [3.8, 4) is 0 Å². The lowest BCUT2D eigenvalue weighted by Gasteiger charge is -2.03. The summed E-state index contributed by atoms with van der Waals surface area (Å²) in [4.78, 5) is 17.3. The van der Waals surface area contributed by atoms with Gasteiger partial charge in [0.2, 0.25) is 0 Å². The smallest absolute Gasteiger partial charge is 0.0907 e. The van der Waals surface area contributed by atoms with E-state index in [1.165, 1.54) is 22.3 Å². The number of nitrogens with zero attached hydrogens (tertiary/aromatic N) is 2. The fraction of sp³-hybridized carbons (Fsp3) is 0.286. The molecule has 32 heavy (non-hydrogen) atoms. The molecule has 0 atom stereocenters. The first-order valence-electron chi connectivity index (χ1n) is 11.8. The van der Waals surface area contributed by atoms with Gasteiger partial charge in [-0.05, 0) is 96.5 Å². The minimum atomic E-state index is 0.966. The molecule has 3 aromatic heterocycles. The molecule has 2 N–H and O–H groups in total. The normalized spacial score (nSPS) is 13.9. The SMILES string of the molecule is CCC1=C(CC)c2nc1ccc1nc(c3ccc(ccc4ccc2[nH]4)[nH]3)C(CC)=C1CC. The Morgan fingerprint density at radius 3 is 1.25 bits per heavy atom. The third-order valence-electron chi connectivity index (χ3n) is 6.57. The Labute approximate surface area is 189 Å². The van der Waals surface area contributed by atoms with Crippen molar-refractivity contribution in [1.29, 1.82) is 0 Å². The van der Waals surface area contributed by atoms with E-state index in [0.29, 0.717) is 0 Å². The summed E-state index contributed by atoms with van der Waals surface area (Å²) in [5.41, 5.74) is 13.9. The predicted molar refractivity (Wildman–Crippen MR) is 136 cm³/mol. The standard InChI is InChI=1S/C28H30N4/c1-5-19-21(7-3)27-25-13-11-17(29-25)9-10-18-12-14-26(30-18)28-22(8-4)20(6-2)24(32-28)16-15-23(19)31-27/h9-16,29-30H,5-8H2,1-4H3. The van der Waals surface area contributed by atoms with Crippen molar-refractivity contribution < 1.29 is 0 Å². The summed E-state index contributed by atoms with van der Waals surface area (Å²) in [5.74, 6) is 0. The van der Waals surface area contributed by atoms with Gasteiger partial charge in [0, 0.05) is 11.0 Å². The van der Waals surface area contributed by atoms with E-state index < -0.39 is 0 Å². The molecule has 2 aliphatic heterocycles. The van der Waals surface area contributed by atoms with Gasteiger partial charge in [-0.25, -0.2) is 9.97 Å². The Balaban J connectivity index is 1.89. The average molecular weight is 423 g/mol. The highest BCUT2D eigenvalue weighted by atomic mass is 14.8. The maximum atomic E-state index is 5.09. The molecule has 162 valence electrons. The third kappa shape index (κ3) is 3.31. The van der Waals surface area contributed by atoms with Gasteiger partial charge in [-0.2, -0.15) is 0 Å². The Bertz CT molecular complexity index is 1300. The number of allylic oxidation sites excluding steroid dienone is 4. The molecule has 0 saturated heterocycles. The molecule has 0 amide bonds. The van der Waals surface area contributed by atoms with Crippen LogP contribution in [0.2, 0.25) is 0 Å². The van der Waals surface area contributed by atoms with Crippen LogP contribution in [0.3, 0.4) is 0 Å². The number of aromatic nitrogens is 4. The maximum absolute atomic E-state index is 5.09. The van der Waals surface area contributed by atoms with Crippen molar-refractivity contribution in [2.45, 2.75) is 53.4 Å². The van der Waals surface area contributed by atoms with Crippen LogP contribution in [0, 0.1) is 0 Å². The van der Waals surface area contributed by atoms with Crippen LogP contribution >= 0.6 is 0 Å². The minimum absolute atomic E-state index is 0.966. The van der Waals surface area contributed by atoms with Gasteiger partial charge in [-0.1, -0.05) is 27.7 Å². The van der Waals surface area contributed by atoms with E-state index >= 15 is 0 Å². The van der Waals surface area contributed by atoms with Crippen LogP contribution in [0.15, 0.2) is 48.5 Å². The molecule has 0 fully saturated rings. The van der Waals surface area contributed by atoms with Gasteiger partial charge in [0.05, 0.1) is 33.8 Å². The molecule has 4 nitrogen and oxygen atoms in total. The van der Waals surface area contributed by atoms with Crippen molar-refractivity contribution >= 4 is 44.4 Å². The van der Waals surface area contributed by atoms with E-state index in [1.807, 2.05) is 0 Å². The average Bonchev–Trinajstić information content (AvgIpc) is 3.58. The summed E-state index contributed by atoms with van der Waals surface area (Å²) in [6, 6.07) is 17.1. The molecule has 0 saturated carbocycles. The van der Waals surface area contributed by atoms with Crippen molar-refractivity contribution in [2.75, 3.05) is 0 Å². The number of hydrogen-bond donors (Lipinski definition) is 2. The van der Waals surface area contributed by atoms with Gasteiger partial charge in [0.1, 0.15) is 0 Å². The van der Waals surface area contributed by atoms with Gasteiger partial charge in [0.25, 0.3) is 0 Å². The summed E-state index contributed by atoms with van der Waals surface area (Å²) in [6.45, 7) is 8.87. The quantitative estimate of drug-likeness (QED) is 0.451. The molecule has 0 aliphatic carbocycles. The van der Waals surface area contributed by atoms with E-state index in [2.05, 4.69) is 86.2 Å². The Hall–Kier alpha value is -3.40. The second-order valence-electron chi connectivity index (χ2n) is 8.34. The second-order valence-corrected chi connectivity index (χ2v) is 8.34. The largest absolute Gasteiger partial charge is 0.354 e. The van der Waals surface area contributed by atoms with Crippen LogP contribution in [0.25, 0.3) is 44.4 Å². The number of nitrogens with one attached hydrogen (secondary N) is 2.